The molecule has 0 radical (unpaired) electrons. The minimum absolute atomic E-state index is 0.269. The van der Waals surface area contributed by atoms with Crippen molar-refractivity contribution >= 4 is 28.4 Å². The van der Waals surface area contributed by atoms with Crippen molar-refractivity contribution in [2.45, 2.75) is 18.6 Å². The van der Waals surface area contributed by atoms with Crippen molar-refractivity contribution in [1.29, 1.82) is 0 Å². The van der Waals surface area contributed by atoms with Crippen molar-refractivity contribution in [2.24, 2.45) is 5.73 Å². The number of halogens is 4. The van der Waals surface area contributed by atoms with Crippen molar-refractivity contribution in [3.8, 4) is 0 Å². The van der Waals surface area contributed by atoms with E-state index >= 15 is 0 Å². The predicted molar refractivity (Wildman–Crippen MR) is 64.2 cm³/mol. The van der Waals surface area contributed by atoms with E-state index in [1.54, 1.807) is 0 Å². The van der Waals surface area contributed by atoms with E-state index in [1.807, 2.05) is 0 Å². The number of Topliss-reactive ketones (excluding diaryl/α,β-unsaturated/α-hetero) is 1. The Morgan fingerprint density at radius 1 is 1.32 bits per heavy atom. The van der Waals surface area contributed by atoms with Gasteiger partial charge in [-0.2, -0.15) is 13.2 Å². The number of benzene rings is 1. The molecule has 102 valence electrons. The van der Waals surface area contributed by atoms with Gasteiger partial charge < -0.3 is 10.2 Å². The van der Waals surface area contributed by atoms with E-state index in [0.29, 0.717) is 17.3 Å². The van der Waals surface area contributed by atoms with Crippen LogP contribution in [0, 0.1) is 0 Å². The number of ketones is 1. The Balaban J connectivity index is 2.48. The third-order valence-electron chi connectivity index (χ3n) is 2.76. The van der Waals surface area contributed by atoms with Gasteiger partial charge in [-0.15, -0.1) is 0 Å². The van der Waals surface area contributed by atoms with Gasteiger partial charge >= 0.3 is 6.18 Å². The molecule has 1 aromatic heterocycles. The molecule has 7 heteroatoms. The lowest BCUT2D eigenvalue weighted by atomic mass is 9.95. The Morgan fingerprint density at radius 3 is 2.53 bits per heavy atom. The van der Waals surface area contributed by atoms with Crippen LogP contribution in [0.15, 0.2) is 28.7 Å². The van der Waals surface area contributed by atoms with Gasteiger partial charge in [-0.25, -0.2) is 0 Å². The maximum Gasteiger partial charge on any atom is 0.413 e. The minimum Gasteiger partial charge on any atom is -0.453 e. The molecule has 3 nitrogen and oxygen atoms in total. The van der Waals surface area contributed by atoms with E-state index in [1.165, 1.54) is 24.3 Å². The number of carbonyl (C=O) groups is 1. The monoisotopic (exact) mass is 291 g/mol. The van der Waals surface area contributed by atoms with Gasteiger partial charge in [0.2, 0.25) is 5.78 Å². The van der Waals surface area contributed by atoms with Gasteiger partial charge in [0.1, 0.15) is 5.58 Å². The number of fused-ring (bicyclic) bond motifs is 1. The van der Waals surface area contributed by atoms with Gasteiger partial charge in [-0.05, 0) is 31.2 Å². The lowest BCUT2D eigenvalue weighted by molar-refractivity contribution is -0.166. The third kappa shape index (κ3) is 2.33. The predicted octanol–water partition coefficient (Wildman–Crippen LogP) is 3.55. The number of nitrogens with two attached hydrogens (primary N) is 1. The molecule has 2 N–H and O–H groups in total. The van der Waals surface area contributed by atoms with Crippen LogP contribution in [0.1, 0.15) is 17.5 Å². The molecule has 2 aromatic rings. The number of hydrogen-bond donors (Lipinski definition) is 1. The molecular weight excluding hydrogens is 283 g/mol. The van der Waals surface area contributed by atoms with Crippen molar-refractivity contribution in [3.63, 3.8) is 0 Å². The maximum atomic E-state index is 12.7. The molecule has 0 aliphatic rings. The first-order valence-electron chi connectivity index (χ1n) is 5.22. The van der Waals surface area contributed by atoms with E-state index in [-0.39, 0.29) is 5.58 Å². The quantitative estimate of drug-likeness (QED) is 0.861. The van der Waals surface area contributed by atoms with Gasteiger partial charge in [-0.1, -0.05) is 11.6 Å². The molecule has 1 aromatic carbocycles. The molecular formula is C12H9ClF3NO2. The second-order valence-corrected chi connectivity index (χ2v) is 4.76. The molecule has 0 spiro atoms. The van der Waals surface area contributed by atoms with E-state index in [9.17, 15) is 18.0 Å². The van der Waals surface area contributed by atoms with Gasteiger partial charge in [0.05, 0.1) is 0 Å². The molecule has 1 unspecified atom stereocenters. The maximum absolute atomic E-state index is 12.7. The zero-order chi connectivity index (χ0) is 14.4. The summed E-state index contributed by atoms with van der Waals surface area (Å²) in [6.45, 7) is 0.607. The van der Waals surface area contributed by atoms with E-state index in [0.717, 1.165) is 0 Å². The van der Waals surface area contributed by atoms with Crippen LogP contribution in [0.3, 0.4) is 0 Å². The van der Waals surface area contributed by atoms with Crippen molar-refractivity contribution in [2.75, 3.05) is 0 Å². The molecule has 0 saturated heterocycles. The standard InChI is InChI=1S/C12H9ClF3NO2/c1-11(17,12(14,15)16)10(18)9-5-6-4-7(13)2-3-8(6)19-9/h2-5H,17H2,1H3. The fourth-order valence-corrected chi connectivity index (χ4v) is 1.69. The Labute approximate surface area is 111 Å². The summed E-state index contributed by atoms with van der Waals surface area (Å²) in [5, 5.41) is 0.826. The second kappa shape index (κ2) is 4.25. The molecule has 0 saturated carbocycles. The highest BCUT2D eigenvalue weighted by Crippen LogP contribution is 2.32. The zero-order valence-corrected chi connectivity index (χ0v) is 10.5. The summed E-state index contributed by atoms with van der Waals surface area (Å²) < 4.78 is 43.1. The molecule has 0 aliphatic heterocycles. The van der Waals surface area contributed by atoms with Gasteiger partial charge in [-0.3, -0.25) is 4.79 Å². The van der Waals surface area contributed by atoms with Gasteiger partial charge in [0, 0.05) is 10.4 Å². The molecule has 1 atom stereocenters. The van der Waals surface area contributed by atoms with Crippen LogP contribution in [0.25, 0.3) is 11.0 Å². The average Bonchev–Trinajstić information content (AvgIpc) is 2.68. The third-order valence-corrected chi connectivity index (χ3v) is 3.00. The van der Waals surface area contributed by atoms with Crippen molar-refractivity contribution < 1.29 is 22.4 Å². The highest BCUT2D eigenvalue weighted by molar-refractivity contribution is 6.31. The van der Waals surface area contributed by atoms with Crippen LogP contribution in [-0.2, 0) is 0 Å². The van der Waals surface area contributed by atoms with E-state index < -0.39 is 23.3 Å². The highest BCUT2D eigenvalue weighted by Gasteiger charge is 2.54. The lowest BCUT2D eigenvalue weighted by Gasteiger charge is -2.24. The summed E-state index contributed by atoms with van der Waals surface area (Å²) >= 11 is 5.74. The molecule has 19 heavy (non-hydrogen) atoms. The van der Waals surface area contributed by atoms with Gasteiger partial charge in [0.15, 0.2) is 11.3 Å². The van der Waals surface area contributed by atoms with Gasteiger partial charge in [0.25, 0.3) is 0 Å². The molecule has 1 heterocycles. The number of hydrogen-bond acceptors (Lipinski definition) is 3. The summed E-state index contributed by atoms with van der Waals surface area (Å²) in [6.07, 6.45) is -4.86. The second-order valence-electron chi connectivity index (χ2n) is 4.32. The first-order chi connectivity index (χ1) is 8.63. The summed E-state index contributed by atoms with van der Waals surface area (Å²) in [4.78, 5) is 11.8. The fraction of sp³-hybridized carbons (Fsp3) is 0.250. The largest absolute Gasteiger partial charge is 0.453 e. The molecule has 0 amide bonds. The Bertz CT molecular complexity index is 646. The summed E-state index contributed by atoms with van der Waals surface area (Å²) in [5.74, 6) is -1.77. The van der Waals surface area contributed by atoms with Crippen LogP contribution in [0.5, 0.6) is 0 Å². The molecule has 0 fully saturated rings. The van der Waals surface area contributed by atoms with Crippen LogP contribution in [0.4, 0.5) is 13.2 Å². The molecule has 0 aliphatic carbocycles. The Hall–Kier alpha value is -1.53. The summed E-state index contributed by atoms with van der Waals surface area (Å²) in [6, 6.07) is 5.65. The Morgan fingerprint density at radius 2 is 1.95 bits per heavy atom. The fourth-order valence-electron chi connectivity index (χ4n) is 1.51. The van der Waals surface area contributed by atoms with Crippen LogP contribution in [-0.4, -0.2) is 17.5 Å². The topological polar surface area (TPSA) is 56.2 Å². The molecule has 0 bridgehead atoms. The number of alkyl halides is 3. The number of furan rings is 1. The van der Waals surface area contributed by atoms with Crippen LogP contribution >= 0.6 is 11.6 Å². The smallest absolute Gasteiger partial charge is 0.413 e. The first-order valence-corrected chi connectivity index (χ1v) is 5.60. The SMILES string of the molecule is CC(N)(C(=O)c1cc2cc(Cl)ccc2o1)C(F)(F)F. The highest BCUT2D eigenvalue weighted by atomic mass is 35.5. The normalized spacial score (nSPS) is 15.5. The van der Waals surface area contributed by atoms with Crippen molar-refractivity contribution in [1.82, 2.24) is 0 Å². The average molecular weight is 292 g/mol. The van der Waals surface area contributed by atoms with Crippen molar-refractivity contribution in [3.05, 3.63) is 35.0 Å². The first kappa shape index (κ1) is 13.9. The van der Waals surface area contributed by atoms with Crippen LogP contribution < -0.4 is 5.73 Å². The summed E-state index contributed by atoms with van der Waals surface area (Å²) in [7, 11) is 0. The molecule has 2 rings (SSSR count). The minimum atomic E-state index is -4.86. The number of rotatable bonds is 2. The number of carbonyl (C=O) groups excluding carboxylic acids is 1. The lowest BCUT2D eigenvalue weighted by Crippen LogP contribution is -2.57. The Kier molecular flexibility index (Phi) is 3.10. The van der Waals surface area contributed by atoms with E-state index in [4.69, 9.17) is 21.8 Å². The zero-order valence-electron chi connectivity index (χ0n) is 9.72. The van der Waals surface area contributed by atoms with E-state index in [2.05, 4.69) is 0 Å². The summed E-state index contributed by atoms with van der Waals surface area (Å²) in [5.41, 5.74) is 2.33. The van der Waals surface area contributed by atoms with Crippen LogP contribution in [0.2, 0.25) is 5.02 Å².